The molecule has 21 heavy (non-hydrogen) atoms. The van der Waals surface area contributed by atoms with E-state index in [1.54, 1.807) is 0 Å². The highest BCUT2D eigenvalue weighted by molar-refractivity contribution is 7.91. The lowest BCUT2D eigenvalue weighted by molar-refractivity contribution is -0.123. The summed E-state index contributed by atoms with van der Waals surface area (Å²) < 4.78 is 23.0. The van der Waals surface area contributed by atoms with Gasteiger partial charge in [0, 0.05) is 6.04 Å². The van der Waals surface area contributed by atoms with Crippen molar-refractivity contribution in [3.8, 4) is 0 Å². The van der Waals surface area contributed by atoms with Gasteiger partial charge in [-0.25, -0.2) is 8.42 Å². The van der Waals surface area contributed by atoms with Crippen LogP contribution >= 0.6 is 11.6 Å². The summed E-state index contributed by atoms with van der Waals surface area (Å²) in [6.45, 7) is 1.01. The molecular formula is C13H23ClN2O4S. The molecule has 0 spiro atoms. The number of halogens is 1. The predicted molar refractivity (Wildman–Crippen MR) is 81.1 cm³/mol. The number of carbonyl (C=O) groups excluding carboxylic acids is 1. The summed E-state index contributed by atoms with van der Waals surface area (Å²) in [4.78, 5) is 14.1. The van der Waals surface area contributed by atoms with Crippen LogP contribution in [0.5, 0.6) is 0 Å². The van der Waals surface area contributed by atoms with Crippen LogP contribution in [-0.4, -0.2) is 73.0 Å². The van der Waals surface area contributed by atoms with Crippen molar-refractivity contribution >= 4 is 27.3 Å². The zero-order valence-corrected chi connectivity index (χ0v) is 13.6. The Morgan fingerprint density at radius 1 is 1.29 bits per heavy atom. The van der Waals surface area contributed by atoms with Gasteiger partial charge in [0.2, 0.25) is 5.91 Å². The number of hydrogen-bond acceptors (Lipinski definition) is 5. The van der Waals surface area contributed by atoms with Gasteiger partial charge in [0.05, 0.1) is 36.1 Å². The van der Waals surface area contributed by atoms with Crippen LogP contribution in [0, 0.1) is 0 Å². The minimum Gasteiger partial charge on any atom is -0.395 e. The Bertz CT molecular complexity index is 471. The fourth-order valence-corrected chi connectivity index (χ4v) is 5.58. The summed E-state index contributed by atoms with van der Waals surface area (Å²) in [7, 11) is -3.14. The van der Waals surface area contributed by atoms with Crippen LogP contribution in [0.1, 0.15) is 25.7 Å². The molecule has 0 aliphatic carbocycles. The normalized spacial score (nSPS) is 33.5. The highest BCUT2D eigenvalue weighted by atomic mass is 35.5. The van der Waals surface area contributed by atoms with E-state index in [-0.39, 0.29) is 36.6 Å². The number of alkyl halides is 1. The summed E-state index contributed by atoms with van der Waals surface area (Å²) in [5, 5.41) is 11.6. The molecule has 3 unspecified atom stereocenters. The molecule has 2 aliphatic heterocycles. The highest BCUT2D eigenvalue weighted by Crippen LogP contribution is 2.19. The molecule has 0 saturated carbocycles. The third-order valence-electron chi connectivity index (χ3n) is 4.19. The van der Waals surface area contributed by atoms with Gasteiger partial charge in [0.1, 0.15) is 0 Å². The van der Waals surface area contributed by atoms with Crippen LogP contribution in [0.2, 0.25) is 0 Å². The van der Waals surface area contributed by atoms with E-state index in [0.29, 0.717) is 0 Å². The molecule has 0 aromatic carbocycles. The number of carbonyl (C=O) groups is 1. The Labute approximate surface area is 130 Å². The molecule has 0 bridgehead atoms. The quantitative estimate of drug-likeness (QED) is 0.690. The third-order valence-corrected chi connectivity index (χ3v) is 6.56. The van der Waals surface area contributed by atoms with E-state index in [1.165, 1.54) is 0 Å². The number of hydrogen-bond donors (Lipinski definition) is 2. The average Bonchev–Trinajstić information content (AvgIpc) is 2.56. The van der Waals surface area contributed by atoms with Crippen molar-refractivity contribution in [2.45, 2.75) is 43.1 Å². The van der Waals surface area contributed by atoms with Crippen LogP contribution in [0.4, 0.5) is 0 Å². The molecule has 0 aromatic rings. The summed E-state index contributed by atoms with van der Waals surface area (Å²) in [6, 6.07) is -0.499. The molecule has 2 saturated heterocycles. The molecule has 3 atom stereocenters. The predicted octanol–water partition coefficient (Wildman–Crippen LogP) is -0.256. The van der Waals surface area contributed by atoms with Crippen molar-refractivity contribution in [2.75, 3.05) is 31.2 Å². The summed E-state index contributed by atoms with van der Waals surface area (Å²) in [5.74, 6) is -0.387. The topological polar surface area (TPSA) is 86.7 Å². The monoisotopic (exact) mass is 338 g/mol. The lowest BCUT2D eigenvalue weighted by Gasteiger charge is -2.28. The third kappa shape index (κ3) is 4.81. The second-order valence-electron chi connectivity index (χ2n) is 5.92. The highest BCUT2D eigenvalue weighted by Gasteiger charge is 2.37. The molecule has 2 aliphatic rings. The van der Waals surface area contributed by atoms with Crippen LogP contribution in [0.3, 0.4) is 0 Å². The number of nitrogens with one attached hydrogen (secondary N) is 1. The molecule has 2 heterocycles. The van der Waals surface area contributed by atoms with Crippen LogP contribution in [0.15, 0.2) is 0 Å². The van der Waals surface area contributed by atoms with E-state index >= 15 is 0 Å². The molecular weight excluding hydrogens is 316 g/mol. The molecule has 2 N–H and O–H groups in total. The number of sulfone groups is 1. The molecule has 6 nitrogen and oxygen atoms in total. The first-order chi connectivity index (χ1) is 9.91. The SMILES string of the molecule is O=C(CN1CCCCCC1CO)NC1CS(=O)(=O)CC1Cl. The Morgan fingerprint density at radius 3 is 2.67 bits per heavy atom. The lowest BCUT2D eigenvalue weighted by atomic mass is 10.1. The van der Waals surface area contributed by atoms with Gasteiger partial charge >= 0.3 is 0 Å². The summed E-state index contributed by atoms with van der Waals surface area (Å²) in [6.07, 6.45) is 4.08. The van der Waals surface area contributed by atoms with E-state index in [4.69, 9.17) is 11.6 Å². The van der Waals surface area contributed by atoms with Crippen molar-refractivity contribution in [3.63, 3.8) is 0 Å². The van der Waals surface area contributed by atoms with Gasteiger partial charge in [0.15, 0.2) is 9.84 Å². The second kappa shape index (κ2) is 7.26. The Morgan fingerprint density at radius 2 is 2.05 bits per heavy atom. The first kappa shape index (κ1) is 17.0. The van der Waals surface area contributed by atoms with Crippen molar-refractivity contribution < 1.29 is 18.3 Å². The van der Waals surface area contributed by atoms with Gasteiger partial charge in [-0.15, -0.1) is 11.6 Å². The number of aliphatic hydroxyl groups excluding tert-OH is 1. The Hall–Kier alpha value is -0.370. The van der Waals surface area contributed by atoms with Crippen LogP contribution < -0.4 is 5.32 Å². The van der Waals surface area contributed by atoms with E-state index in [9.17, 15) is 18.3 Å². The number of amides is 1. The standard InChI is InChI=1S/C13H23ClN2O4S/c14-11-8-21(19,20)9-12(11)15-13(18)6-16-5-3-1-2-4-10(16)7-17/h10-12,17H,1-9H2,(H,15,18). The van der Waals surface area contributed by atoms with Crippen molar-refractivity contribution in [3.05, 3.63) is 0 Å². The van der Waals surface area contributed by atoms with Crippen molar-refractivity contribution in [2.24, 2.45) is 0 Å². The van der Waals surface area contributed by atoms with E-state index in [0.717, 1.165) is 32.2 Å². The zero-order chi connectivity index (χ0) is 15.5. The molecule has 8 heteroatoms. The van der Waals surface area contributed by atoms with Gasteiger partial charge in [-0.3, -0.25) is 9.69 Å². The number of rotatable bonds is 4. The van der Waals surface area contributed by atoms with E-state index < -0.39 is 21.3 Å². The van der Waals surface area contributed by atoms with Gasteiger partial charge in [-0.2, -0.15) is 0 Å². The minimum absolute atomic E-state index is 0.0114. The molecule has 0 radical (unpaired) electrons. The average molecular weight is 339 g/mol. The van der Waals surface area contributed by atoms with Crippen LogP contribution in [-0.2, 0) is 14.6 Å². The fraction of sp³-hybridized carbons (Fsp3) is 0.923. The van der Waals surface area contributed by atoms with Gasteiger partial charge < -0.3 is 10.4 Å². The molecule has 0 aromatic heterocycles. The maximum atomic E-state index is 12.1. The first-order valence-corrected chi connectivity index (χ1v) is 9.66. The largest absolute Gasteiger partial charge is 0.395 e. The summed E-state index contributed by atoms with van der Waals surface area (Å²) >= 11 is 5.98. The first-order valence-electron chi connectivity index (χ1n) is 7.40. The summed E-state index contributed by atoms with van der Waals surface area (Å²) in [5.41, 5.74) is 0. The van der Waals surface area contributed by atoms with E-state index in [2.05, 4.69) is 5.32 Å². The van der Waals surface area contributed by atoms with Crippen molar-refractivity contribution in [1.29, 1.82) is 0 Å². The molecule has 122 valence electrons. The fourth-order valence-electron chi connectivity index (χ4n) is 3.03. The number of aliphatic hydroxyl groups is 1. The smallest absolute Gasteiger partial charge is 0.234 e. The van der Waals surface area contributed by atoms with Gasteiger partial charge in [-0.05, 0) is 19.4 Å². The van der Waals surface area contributed by atoms with E-state index in [1.807, 2.05) is 4.90 Å². The number of nitrogens with zero attached hydrogens (tertiary/aromatic N) is 1. The van der Waals surface area contributed by atoms with Crippen LogP contribution in [0.25, 0.3) is 0 Å². The molecule has 2 fully saturated rings. The van der Waals surface area contributed by atoms with Gasteiger partial charge in [0.25, 0.3) is 0 Å². The zero-order valence-electron chi connectivity index (χ0n) is 12.0. The van der Waals surface area contributed by atoms with Gasteiger partial charge in [-0.1, -0.05) is 12.8 Å². The number of likely N-dealkylation sites (tertiary alicyclic amines) is 1. The molecule has 2 rings (SSSR count). The minimum atomic E-state index is -3.14. The second-order valence-corrected chi connectivity index (χ2v) is 8.64. The Balaban J connectivity index is 1.88. The van der Waals surface area contributed by atoms with Crippen molar-refractivity contribution in [1.82, 2.24) is 10.2 Å². The lowest BCUT2D eigenvalue weighted by Crippen LogP contribution is -2.48. The molecule has 1 amide bonds. The maximum absolute atomic E-state index is 12.1. The Kier molecular flexibility index (Phi) is 5.88. The maximum Gasteiger partial charge on any atom is 0.234 e.